The number of aromatic amines is 1. The lowest BCUT2D eigenvalue weighted by Crippen LogP contribution is -2.48. The summed E-state index contributed by atoms with van der Waals surface area (Å²) in [6.45, 7) is 3.27. The average Bonchev–Trinajstić information content (AvgIpc) is 2.69. The van der Waals surface area contributed by atoms with Crippen LogP contribution in [0.1, 0.15) is 30.1 Å². The highest BCUT2D eigenvalue weighted by molar-refractivity contribution is 6.31. The summed E-state index contributed by atoms with van der Waals surface area (Å²) in [5, 5.41) is 4.12. The number of methoxy groups -OCH3 is 1. The molecule has 1 aliphatic heterocycles. The van der Waals surface area contributed by atoms with Crippen LogP contribution in [0.15, 0.2) is 23.0 Å². The lowest BCUT2D eigenvalue weighted by atomic mass is 10.0. The molecule has 0 spiro atoms. The van der Waals surface area contributed by atoms with E-state index in [-0.39, 0.29) is 23.9 Å². The van der Waals surface area contributed by atoms with Crippen LogP contribution in [0.3, 0.4) is 0 Å². The van der Waals surface area contributed by atoms with Gasteiger partial charge in [-0.3, -0.25) is 9.69 Å². The maximum Gasteiger partial charge on any atom is 0.414 e. The normalized spacial score (nSPS) is 14.7. The molecule has 9 heteroatoms. The van der Waals surface area contributed by atoms with Gasteiger partial charge in [-0.2, -0.15) is 0 Å². The van der Waals surface area contributed by atoms with Gasteiger partial charge < -0.3 is 19.8 Å². The Bertz CT molecular complexity index is 952. The molecule has 8 nitrogen and oxygen atoms in total. The minimum atomic E-state index is -0.832. The summed E-state index contributed by atoms with van der Waals surface area (Å²) >= 11 is 6.17. The van der Waals surface area contributed by atoms with Crippen molar-refractivity contribution < 1.29 is 19.1 Å². The molecule has 2 aromatic rings. The van der Waals surface area contributed by atoms with Crippen molar-refractivity contribution >= 4 is 40.3 Å². The van der Waals surface area contributed by atoms with Gasteiger partial charge in [0.1, 0.15) is 5.56 Å². The van der Waals surface area contributed by atoms with Gasteiger partial charge >= 0.3 is 12.1 Å². The van der Waals surface area contributed by atoms with E-state index in [2.05, 4.69) is 10.3 Å². The van der Waals surface area contributed by atoms with Gasteiger partial charge in [0.2, 0.25) is 0 Å². The van der Waals surface area contributed by atoms with E-state index in [0.29, 0.717) is 41.9 Å². The minimum Gasteiger partial charge on any atom is -0.465 e. The Labute approximate surface area is 166 Å². The number of esters is 1. The molecule has 1 saturated heterocycles. The fourth-order valence-corrected chi connectivity index (χ4v) is 3.64. The maximum atomic E-state index is 12.9. The number of fused-ring (bicyclic) bond motifs is 1. The molecule has 0 aliphatic carbocycles. The number of pyridine rings is 1. The summed E-state index contributed by atoms with van der Waals surface area (Å²) < 4.78 is 10.1. The van der Waals surface area contributed by atoms with Crippen molar-refractivity contribution in [2.45, 2.75) is 25.8 Å². The fourth-order valence-electron chi connectivity index (χ4n) is 3.47. The number of anilines is 1. The number of nitrogens with one attached hydrogen (secondary N) is 2. The first-order chi connectivity index (χ1) is 13.5. The molecule has 1 aliphatic rings. The summed E-state index contributed by atoms with van der Waals surface area (Å²) in [5.41, 5.74) is -0.262. The van der Waals surface area contributed by atoms with Crippen LogP contribution in [-0.2, 0) is 9.47 Å². The Morgan fingerprint density at radius 2 is 2.00 bits per heavy atom. The van der Waals surface area contributed by atoms with Crippen LogP contribution < -0.4 is 15.8 Å². The summed E-state index contributed by atoms with van der Waals surface area (Å²) in [4.78, 5) is 42.2. The van der Waals surface area contributed by atoms with E-state index in [9.17, 15) is 14.4 Å². The van der Waals surface area contributed by atoms with Crippen LogP contribution in [-0.4, -0.2) is 49.9 Å². The van der Waals surface area contributed by atoms with E-state index in [4.69, 9.17) is 21.1 Å². The van der Waals surface area contributed by atoms with Gasteiger partial charge in [-0.1, -0.05) is 11.6 Å². The van der Waals surface area contributed by atoms with Crippen LogP contribution in [0, 0.1) is 0 Å². The lowest BCUT2D eigenvalue weighted by Gasteiger charge is -2.35. The van der Waals surface area contributed by atoms with Crippen molar-refractivity contribution in [2.75, 3.05) is 31.7 Å². The molecule has 1 aromatic carbocycles. The number of benzene rings is 1. The molecule has 0 saturated carbocycles. The standard InChI is InChI=1S/C19H22ClN3O5/c1-3-28-19(26)23(12-6-8-21-9-7-12)16-13-10-11(20)4-5-14(13)22-17(24)15(16)18(25)27-2/h4-5,10,12,21H,3,6-9H2,1-2H3,(H,22,24). The van der Waals surface area contributed by atoms with Crippen molar-refractivity contribution in [1.82, 2.24) is 10.3 Å². The Morgan fingerprint density at radius 1 is 1.29 bits per heavy atom. The Kier molecular flexibility index (Phi) is 6.21. The molecule has 1 fully saturated rings. The Morgan fingerprint density at radius 3 is 2.64 bits per heavy atom. The van der Waals surface area contributed by atoms with E-state index >= 15 is 0 Å². The van der Waals surface area contributed by atoms with Crippen LogP contribution in [0.2, 0.25) is 5.02 Å². The number of ether oxygens (including phenoxy) is 2. The SMILES string of the molecule is CCOC(=O)N(c1c(C(=O)OC)c(=O)[nH]c2ccc(Cl)cc12)C1CCNCC1. The first-order valence-electron chi connectivity index (χ1n) is 9.08. The second-order valence-electron chi connectivity index (χ2n) is 6.41. The number of carbonyl (C=O) groups excluding carboxylic acids is 2. The number of hydrogen-bond donors (Lipinski definition) is 2. The van der Waals surface area contributed by atoms with E-state index < -0.39 is 17.6 Å². The third-order valence-electron chi connectivity index (χ3n) is 4.72. The molecule has 150 valence electrons. The van der Waals surface area contributed by atoms with Gasteiger partial charge in [-0.05, 0) is 51.1 Å². The highest BCUT2D eigenvalue weighted by Gasteiger charge is 2.34. The highest BCUT2D eigenvalue weighted by Crippen LogP contribution is 2.34. The number of rotatable bonds is 4. The Hall–Kier alpha value is -2.58. The third kappa shape index (κ3) is 3.83. The molecule has 2 N–H and O–H groups in total. The van der Waals surface area contributed by atoms with E-state index in [1.807, 2.05) is 0 Å². The van der Waals surface area contributed by atoms with E-state index in [1.165, 1.54) is 12.0 Å². The van der Waals surface area contributed by atoms with Gasteiger partial charge in [0.05, 0.1) is 24.9 Å². The topological polar surface area (TPSA) is 101 Å². The zero-order chi connectivity index (χ0) is 20.3. The number of amides is 1. The molecule has 0 bridgehead atoms. The molecule has 2 heterocycles. The molecular weight excluding hydrogens is 386 g/mol. The van der Waals surface area contributed by atoms with E-state index in [0.717, 1.165) is 0 Å². The van der Waals surface area contributed by atoms with Crippen molar-refractivity contribution in [1.29, 1.82) is 0 Å². The number of piperidine rings is 1. The van der Waals surface area contributed by atoms with Crippen molar-refractivity contribution in [3.63, 3.8) is 0 Å². The molecule has 1 aromatic heterocycles. The second kappa shape index (κ2) is 8.62. The third-order valence-corrected chi connectivity index (χ3v) is 4.95. The predicted molar refractivity (Wildman–Crippen MR) is 106 cm³/mol. The average molecular weight is 408 g/mol. The van der Waals surface area contributed by atoms with Crippen LogP contribution in [0.25, 0.3) is 10.9 Å². The lowest BCUT2D eigenvalue weighted by molar-refractivity contribution is 0.0599. The van der Waals surface area contributed by atoms with Gasteiger partial charge in [-0.15, -0.1) is 0 Å². The molecule has 28 heavy (non-hydrogen) atoms. The predicted octanol–water partition coefficient (Wildman–Crippen LogP) is 2.68. The van der Waals surface area contributed by atoms with Gasteiger partial charge in [-0.25, -0.2) is 9.59 Å². The second-order valence-corrected chi connectivity index (χ2v) is 6.85. The van der Waals surface area contributed by atoms with Crippen molar-refractivity contribution in [3.05, 3.63) is 39.1 Å². The number of hydrogen-bond acceptors (Lipinski definition) is 6. The quantitative estimate of drug-likeness (QED) is 0.756. The van der Waals surface area contributed by atoms with Crippen LogP contribution in [0.4, 0.5) is 10.5 Å². The monoisotopic (exact) mass is 407 g/mol. The molecule has 0 atom stereocenters. The zero-order valence-corrected chi connectivity index (χ0v) is 16.5. The van der Waals surface area contributed by atoms with Crippen molar-refractivity contribution in [2.24, 2.45) is 0 Å². The fraction of sp³-hybridized carbons (Fsp3) is 0.421. The number of carbonyl (C=O) groups is 2. The number of nitrogens with zero attached hydrogens (tertiary/aromatic N) is 1. The summed E-state index contributed by atoms with van der Waals surface area (Å²) in [7, 11) is 1.19. The number of halogens is 1. The first-order valence-corrected chi connectivity index (χ1v) is 9.46. The first kappa shape index (κ1) is 20.2. The smallest absolute Gasteiger partial charge is 0.414 e. The zero-order valence-electron chi connectivity index (χ0n) is 15.7. The highest BCUT2D eigenvalue weighted by atomic mass is 35.5. The molecule has 0 radical (unpaired) electrons. The van der Waals surface area contributed by atoms with Gasteiger partial charge in [0.15, 0.2) is 0 Å². The summed E-state index contributed by atoms with van der Waals surface area (Å²) in [5.74, 6) is -0.832. The summed E-state index contributed by atoms with van der Waals surface area (Å²) in [6, 6.07) is 4.63. The molecule has 3 rings (SSSR count). The maximum absolute atomic E-state index is 12.9. The minimum absolute atomic E-state index is 0.162. The van der Waals surface area contributed by atoms with Crippen molar-refractivity contribution in [3.8, 4) is 0 Å². The molecular formula is C19H22ClN3O5. The summed E-state index contributed by atoms with van der Waals surface area (Å²) in [6.07, 6.45) is 0.675. The van der Waals surface area contributed by atoms with Gasteiger partial charge in [0, 0.05) is 16.5 Å². The molecule has 1 amide bonds. The Balaban J connectivity index is 2.34. The van der Waals surface area contributed by atoms with Gasteiger partial charge in [0.25, 0.3) is 5.56 Å². The molecule has 0 unspecified atom stereocenters. The van der Waals surface area contributed by atoms with Crippen LogP contribution >= 0.6 is 11.6 Å². The van der Waals surface area contributed by atoms with E-state index in [1.54, 1.807) is 25.1 Å². The van der Waals surface area contributed by atoms with Crippen LogP contribution in [0.5, 0.6) is 0 Å². The largest absolute Gasteiger partial charge is 0.465 e. The number of aromatic nitrogens is 1. The number of H-pyrrole nitrogens is 1.